The molecule has 0 saturated carbocycles. The number of carbonyl (C=O) groups is 3. The van der Waals surface area contributed by atoms with E-state index >= 15 is 0 Å². The van der Waals surface area contributed by atoms with Crippen molar-refractivity contribution in [3.63, 3.8) is 0 Å². The van der Waals surface area contributed by atoms with Gasteiger partial charge in [0.15, 0.2) is 12.3 Å². The molecule has 0 spiro atoms. The Morgan fingerprint density at radius 1 is 1.18 bits per heavy atom. The number of esters is 1. The van der Waals surface area contributed by atoms with Crippen molar-refractivity contribution in [1.82, 2.24) is 25.0 Å². The largest absolute Gasteiger partial charge is 0.452 e. The maximum absolute atomic E-state index is 12.2. The standard InChI is InChI=1S/C19H17N5O4/c25-16(23-7-6-20-19(23)27)12-28-18(26)15-8-14-10-22-24(17(14)21-9-15)11-13-4-2-1-3-5-13/h1-5,8-10H,6-7,11-12H2,(H,20,27). The van der Waals surface area contributed by atoms with Crippen molar-refractivity contribution in [2.45, 2.75) is 6.54 Å². The minimum absolute atomic E-state index is 0.213. The monoisotopic (exact) mass is 379 g/mol. The summed E-state index contributed by atoms with van der Waals surface area (Å²) in [4.78, 5) is 40.9. The molecule has 28 heavy (non-hydrogen) atoms. The molecule has 0 atom stereocenters. The quantitative estimate of drug-likeness (QED) is 0.668. The molecule has 2 aromatic heterocycles. The Balaban J connectivity index is 1.43. The number of benzene rings is 1. The fourth-order valence-corrected chi connectivity index (χ4v) is 2.95. The molecule has 3 amide bonds. The van der Waals surface area contributed by atoms with Gasteiger partial charge in [-0.25, -0.2) is 19.3 Å². The van der Waals surface area contributed by atoms with Gasteiger partial charge in [0, 0.05) is 24.7 Å². The van der Waals surface area contributed by atoms with Gasteiger partial charge >= 0.3 is 12.0 Å². The highest BCUT2D eigenvalue weighted by Crippen LogP contribution is 2.15. The second-order valence-corrected chi connectivity index (χ2v) is 6.28. The van der Waals surface area contributed by atoms with Crippen LogP contribution in [0, 0.1) is 0 Å². The number of hydrogen-bond acceptors (Lipinski definition) is 6. The van der Waals surface area contributed by atoms with Crippen LogP contribution >= 0.6 is 0 Å². The van der Waals surface area contributed by atoms with Crippen molar-refractivity contribution in [1.29, 1.82) is 0 Å². The highest BCUT2D eigenvalue weighted by atomic mass is 16.5. The summed E-state index contributed by atoms with van der Waals surface area (Å²) in [5.41, 5.74) is 1.94. The molecule has 3 aromatic rings. The smallest absolute Gasteiger partial charge is 0.340 e. The van der Waals surface area contributed by atoms with Gasteiger partial charge in [-0.15, -0.1) is 0 Å². The molecule has 3 heterocycles. The Bertz CT molecular complexity index is 1050. The molecule has 0 radical (unpaired) electrons. The zero-order valence-electron chi connectivity index (χ0n) is 14.9. The Labute approximate surface area is 159 Å². The molecule has 9 nitrogen and oxygen atoms in total. The average Bonchev–Trinajstić information content (AvgIpc) is 3.32. The van der Waals surface area contributed by atoms with Gasteiger partial charge < -0.3 is 10.1 Å². The number of nitrogens with zero attached hydrogens (tertiary/aromatic N) is 4. The summed E-state index contributed by atoms with van der Waals surface area (Å²) >= 11 is 0. The van der Waals surface area contributed by atoms with Crippen LogP contribution in [0.1, 0.15) is 15.9 Å². The van der Waals surface area contributed by atoms with Crippen molar-refractivity contribution in [2.75, 3.05) is 19.7 Å². The first-order valence-corrected chi connectivity index (χ1v) is 8.72. The van der Waals surface area contributed by atoms with Gasteiger partial charge in [-0.05, 0) is 11.6 Å². The zero-order valence-corrected chi connectivity index (χ0v) is 14.9. The fourth-order valence-electron chi connectivity index (χ4n) is 2.95. The van der Waals surface area contributed by atoms with E-state index in [2.05, 4.69) is 15.4 Å². The lowest BCUT2D eigenvalue weighted by Crippen LogP contribution is -2.37. The van der Waals surface area contributed by atoms with E-state index in [0.29, 0.717) is 24.1 Å². The van der Waals surface area contributed by atoms with Gasteiger partial charge in [-0.1, -0.05) is 30.3 Å². The van der Waals surface area contributed by atoms with Crippen LogP contribution in [0.3, 0.4) is 0 Å². The van der Waals surface area contributed by atoms with Crippen LogP contribution in [0.4, 0.5) is 4.79 Å². The second kappa shape index (κ2) is 7.47. The molecule has 0 unspecified atom stereocenters. The van der Waals surface area contributed by atoms with Crippen molar-refractivity contribution in [3.05, 3.63) is 59.9 Å². The average molecular weight is 379 g/mol. The normalized spacial score (nSPS) is 13.6. The van der Waals surface area contributed by atoms with Crippen LogP contribution < -0.4 is 5.32 Å². The van der Waals surface area contributed by atoms with Gasteiger partial charge in [0.1, 0.15) is 0 Å². The summed E-state index contributed by atoms with van der Waals surface area (Å²) in [6.45, 7) is 0.723. The molecule has 0 aliphatic carbocycles. The van der Waals surface area contributed by atoms with Gasteiger partial charge in [0.2, 0.25) is 0 Å². The third-order valence-electron chi connectivity index (χ3n) is 4.37. The molecule has 1 saturated heterocycles. The highest BCUT2D eigenvalue weighted by molar-refractivity contribution is 5.98. The summed E-state index contributed by atoms with van der Waals surface area (Å²) in [7, 11) is 0. The van der Waals surface area contributed by atoms with Gasteiger partial charge in [0.05, 0.1) is 18.3 Å². The number of carbonyl (C=O) groups excluding carboxylic acids is 3. The van der Waals surface area contributed by atoms with Crippen LogP contribution in [0.5, 0.6) is 0 Å². The van der Waals surface area contributed by atoms with E-state index < -0.39 is 24.5 Å². The van der Waals surface area contributed by atoms with Gasteiger partial charge in [0.25, 0.3) is 5.91 Å². The first kappa shape index (κ1) is 17.7. The van der Waals surface area contributed by atoms with E-state index in [0.717, 1.165) is 10.5 Å². The Morgan fingerprint density at radius 3 is 2.75 bits per heavy atom. The van der Waals surface area contributed by atoms with E-state index in [-0.39, 0.29) is 12.1 Å². The Hall–Kier alpha value is -3.75. The maximum atomic E-state index is 12.2. The highest BCUT2D eigenvalue weighted by Gasteiger charge is 2.27. The van der Waals surface area contributed by atoms with Crippen LogP contribution in [-0.2, 0) is 16.1 Å². The van der Waals surface area contributed by atoms with E-state index in [9.17, 15) is 14.4 Å². The molecular weight excluding hydrogens is 362 g/mol. The van der Waals surface area contributed by atoms with Crippen molar-refractivity contribution in [3.8, 4) is 0 Å². The molecule has 1 aliphatic heterocycles. The zero-order chi connectivity index (χ0) is 19.5. The summed E-state index contributed by atoms with van der Waals surface area (Å²) in [6, 6.07) is 11.0. The van der Waals surface area contributed by atoms with Crippen molar-refractivity contribution >= 4 is 28.9 Å². The number of imide groups is 1. The number of ether oxygens (including phenoxy) is 1. The molecule has 142 valence electrons. The Morgan fingerprint density at radius 2 is 2.00 bits per heavy atom. The summed E-state index contributed by atoms with van der Waals surface area (Å²) in [6.07, 6.45) is 3.02. The topological polar surface area (TPSA) is 106 Å². The maximum Gasteiger partial charge on any atom is 0.340 e. The molecule has 0 bridgehead atoms. The first-order valence-electron chi connectivity index (χ1n) is 8.72. The van der Waals surface area contributed by atoms with Gasteiger partial charge in [-0.2, -0.15) is 5.10 Å². The number of pyridine rings is 1. The number of urea groups is 1. The fraction of sp³-hybridized carbons (Fsp3) is 0.211. The molecule has 1 aliphatic rings. The molecule has 1 fully saturated rings. The third kappa shape index (κ3) is 3.54. The number of aromatic nitrogens is 3. The number of fused-ring (bicyclic) bond motifs is 1. The minimum atomic E-state index is -0.682. The molecular formula is C19H17N5O4. The second-order valence-electron chi connectivity index (χ2n) is 6.28. The van der Waals surface area contributed by atoms with Crippen LogP contribution in [-0.4, -0.2) is 57.3 Å². The molecule has 9 heteroatoms. The van der Waals surface area contributed by atoms with Crippen LogP contribution in [0.25, 0.3) is 11.0 Å². The van der Waals surface area contributed by atoms with Crippen molar-refractivity contribution in [2.24, 2.45) is 0 Å². The summed E-state index contributed by atoms with van der Waals surface area (Å²) < 4.78 is 6.77. The number of rotatable bonds is 5. The van der Waals surface area contributed by atoms with Crippen molar-refractivity contribution < 1.29 is 19.1 Å². The third-order valence-corrected chi connectivity index (χ3v) is 4.37. The van der Waals surface area contributed by atoms with Gasteiger partial charge in [-0.3, -0.25) is 9.69 Å². The lowest BCUT2D eigenvalue weighted by Gasteiger charge is -2.12. The molecule has 1 N–H and O–H groups in total. The van der Waals surface area contributed by atoms with E-state index in [1.807, 2.05) is 30.3 Å². The van der Waals surface area contributed by atoms with Crippen LogP contribution in [0.15, 0.2) is 48.8 Å². The lowest BCUT2D eigenvalue weighted by molar-refractivity contribution is -0.130. The number of hydrogen-bond donors (Lipinski definition) is 1. The predicted octanol–water partition coefficient (Wildman–Crippen LogP) is 1.19. The predicted molar refractivity (Wildman–Crippen MR) is 98.5 cm³/mol. The molecule has 4 rings (SSSR count). The van der Waals surface area contributed by atoms with E-state index in [1.165, 1.54) is 6.20 Å². The first-order chi connectivity index (χ1) is 13.6. The van der Waals surface area contributed by atoms with E-state index in [4.69, 9.17) is 4.74 Å². The number of nitrogens with one attached hydrogen (secondary N) is 1. The summed E-state index contributed by atoms with van der Waals surface area (Å²) in [5.74, 6) is -1.24. The number of amides is 3. The summed E-state index contributed by atoms with van der Waals surface area (Å²) in [5, 5.41) is 7.53. The molecule has 1 aromatic carbocycles. The SMILES string of the molecule is O=C(OCC(=O)N1CCNC1=O)c1cnc2c(cnn2Cc2ccccc2)c1. The van der Waals surface area contributed by atoms with E-state index in [1.54, 1.807) is 16.9 Å². The minimum Gasteiger partial charge on any atom is -0.452 e. The van der Waals surface area contributed by atoms with Crippen LogP contribution in [0.2, 0.25) is 0 Å². The lowest BCUT2D eigenvalue weighted by atomic mass is 10.2. The Kier molecular flexibility index (Phi) is 4.71.